The van der Waals surface area contributed by atoms with Crippen LogP contribution in [0, 0.1) is 5.82 Å². The van der Waals surface area contributed by atoms with Crippen molar-refractivity contribution in [2.24, 2.45) is 0 Å². The number of anilines is 1. The average Bonchev–Trinajstić information content (AvgIpc) is 2.09. The molecule has 0 aliphatic carbocycles. The SMILES string of the molecule is CC(=O)/C=C/c1cc(Br)c(F)cc1N. The molecule has 1 aromatic rings. The number of nitrogen functional groups attached to an aromatic ring is 1. The molecule has 14 heavy (non-hydrogen) atoms. The molecule has 74 valence electrons. The molecule has 0 amide bonds. The van der Waals surface area contributed by atoms with Gasteiger partial charge in [0.15, 0.2) is 5.78 Å². The molecule has 0 saturated carbocycles. The molecule has 0 radical (unpaired) electrons. The number of ketones is 1. The van der Waals surface area contributed by atoms with Gasteiger partial charge in [0.2, 0.25) is 0 Å². The van der Waals surface area contributed by atoms with E-state index < -0.39 is 5.82 Å². The first-order chi connectivity index (χ1) is 6.50. The molecular formula is C10H9BrFNO. The van der Waals surface area contributed by atoms with E-state index in [1.807, 2.05) is 0 Å². The molecule has 0 heterocycles. The normalized spacial score (nSPS) is 10.8. The predicted octanol–water partition coefficient (Wildman–Crippen LogP) is 2.77. The third kappa shape index (κ3) is 2.67. The number of halogens is 2. The Kier molecular flexibility index (Phi) is 3.41. The molecule has 0 aromatic heterocycles. The van der Waals surface area contributed by atoms with Crippen LogP contribution in [-0.4, -0.2) is 5.78 Å². The molecular weight excluding hydrogens is 249 g/mol. The monoisotopic (exact) mass is 257 g/mol. The predicted molar refractivity (Wildman–Crippen MR) is 58.2 cm³/mol. The summed E-state index contributed by atoms with van der Waals surface area (Å²) in [6.45, 7) is 1.44. The van der Waals surface area contributed by atoms with Crippen LogP contribution in [0.4, 0.5) is 10.1 Å². The Balaban J connectivity index is 3.10. The van der Waals surface area contributed by atoms with E-state index in [-0.39, 0.29) is 5.78 Å². The number of hydrogen-bond acceptors (Lipinski definition) is 2. The lowest BCUT2D eigenvalue weighted by molar-refractivity contribution is -0.112. The smallest absolute Gasteiger partial charge is 0.152 e. The van der Waals surface area contributed by atoms with Gasteiger partial charge in [0, 0.05) is 5.69 Å². The molecule has 1 rings (SSSR count). The third-order valence-corrected chi connectivity index (χ3v) is 2.23. The second kappa shape index (κ2) is 4.37. The van der Waals surface area contributed by atoms with Crippen molar-refractivity contribution in [3.05, 3.63) is 34.1 Å². The Morgan fingerprint density at radius 1 is 1.57 bits per heavy atom. The van der Waals surface area contributed by atoms with Crippen molar-refractivity contribution in [1.29, 1.82) is 0 Å². The molecule has 0 unspecified atom stereocenters. The number of carbonyl (C=O) groups excluding carboxylic acids is 1. The van der Waals surface area contributed by atoms with Gasteiger partial charge in [0.05, 0.1) is 4.47 Å². The lowest BCUT2D eigenvalue weighted by atomic mass is 10.1. The molecule has 0 saturated heterocycles. The van der Waals surface area contributed by atoms with Gasteiger partial charge in [-0.3, -0.25) is 4.79 Å². The highest BCUT2D eigenvalue weighted by molar-refractivity contribution is 9.10. The summed E-state index contributed by atoms with van der Waals surface area (Å²) >= 11 is 3.04. The summed E-state index contributed by atoms with van der Waals surface area (Å²) in [6, 6.07) is 2.74. The van der Waals surface area contributed by atoms with Crippen molar-refractivity contribution in [3.8, 4) is 0 Å². The van der Waals surface area contributed by atoms with E-state index >= 15 is 0 Å². The highest BCUT2D eigenvalue weighted by Crippen LogP contribution is 2.23. The number of nitrogens with two attached hydrogens (primary N) is 1. The van der Waals surface area contributed by atoms with Gasteiger partial charge in [-0.2, -0.15) is 0 Å². The maximum Gasteiger partial charge on any atom is 0.152 e. The number of benzene rings is 1. The van der Waals surface area contributed by atoms with Gasteiger partial charge in [-0.1, -0.05) is 0 Å². The Morgan fingerprint density at radius 2 is 2.21 bits per heavy atom. The number of allylic oxidation sites excluding steroid dienone is 1. The fourth-order valence-corrected chi connectivity index (χ4v) is 1.29. The van der Waals surface area contributed by atoms with Gasteiger partial charge in [-0.15, -0.1) is 0 Å². The van der Waals surface area contributed by atoms with E-state index in [2.05, 4.69) is 15.9 Å². The van der Waals surface area contributed by atoms with Crippen LogP contribution >= 0.6 is 15.9 Å². The van der Waals surface area contributed by atoms with Crippen molar-refractivity contribution in [3.63, 3.8) is 0 Å². The molecule has 4 heteroatoms. The first-order valence-electron chi connectivity index (χ1n) is 3.94. The lowest BCUT2D eigenvalue weighted by Crippen LogP contribution is -1.92. The highest BCUT2D eigenvalue weighted by Gasteiger charge is 2.03. The largest absolute Gasteiger partial charge is 0.398 e. The van der Waals surface area contributed by atoms with Gasteiger partial charge >= 0.3 is 0 Å². The second-order valence-corrected chi connectivity index (χ2v) is 3.69. The van der Waals surface area contributed by atoms with Crippen molar-refractivity contribution < 1.29 is 9.18 Å². The van der Waals surface area contributed by atoms with Crippen molar-refractivity contribution in [2.45, 2.75) is 6.92 Å². The Morgan fingerprint density at radius 3 is 2.79 bits per heavy atom. The van der Waals surface area contributed by atoms with Crippen LogP contribution in [0.5, 0.6) is 0 Å². The van der Waals surface area contributed by atoms with E-state index in [0.29, 0.717) is 15.7 Å². The summed E-state index contributed by atoms with van der Waals surface area (Å²) in [7, 11) is 0. The Bertz CT molecular complexity index is 401. The van der Waals surface area contributed by atoms with Crippen LogP contribution < -0.4 is 5.73 Å². The average molecular weight is 258 g/mol. The number of hydrogen-bond donors (Lipinski definition) is 1. The van der Waals surface area contributed by atoms with Crippen LogP contribution in [0.1, 0.15) is 12.5 Å². The molecule has 0 atom stereocenters. The molecule has 1 aromatic carbocycles. The van der Waals surface area contributed by atoms with Crippen LogP contribution in [0.15, 0.2) is 22.7 Å². The summed E-state index contributed by atoms with van der Waals surface area (Å²) in [5.74, 6) is -0.493. The van der Waals surface area contributed by atoms with Crippen LogP contribution in [0.2, 0.25) is 0 Å². The van der Waals surface area contributed by atoms with Crippen LogP contribution in [-0.2, 0) is 4.79 Å². The molecule has 0 fully saturated rings. The Labute approximate surface area is 89.7 Å². The standard InChI is InChI=1S/C10H9BrFNO/c1-6(14)2-3-7-4-8(11)9(12)5-10(7)13/h2-5H,13H2,1H3/b3-2+. The lowest BCUT2D eigenvalue weighted by Gasteiger charge is -2.01. The zero-order valence-corrected chi connectivity index (χ0v) is 9.14. The minimum absolute atomic E-state index is 0.0788. The maximum atomic E-state index is 12.9. The number of rotatable bonds is 2. The van der Waals surface area contributed by atoms with E-state index in [0.717, 1.165) is 0 Å². The Hall–Kier alpha value is -1.16. The van der Waals surface area contributed by atoms with Gasteiger partial charge in [-0.05, 0) is 52.7 Å². The minimum Gasteiger partial charge on any atom is -0.398 e. The van der Waals surface area contributed by atoms with Gasteiger partial charge in [0.1, 0.15) is 5.82 Å². The summed E-state index contributed by atoms with van der Waals surface area (Å²) in [5, 5.41) is 0. The quantitative estimate of drug-likeness (QED) is 0.654. The van der Waals surface area contributed by atoms with Gasteiger partial charge < -0.3 is 5.73 Å². The molecule has 0 bridgehead atoms. The second-order valence-electron chi connectivity index (χ2n) is 2.84. The van der Waals surface area contributed by atoms with Gasteiger partial charge in [-0.25, -0.2) is 4.39 Å². The van der Waals surface area contributed by atoms with Crippen molar-refractivity contribution >= 4 is 33.5 Å². The highest BCUT2D eigenvalue weighted by atomic mass is 79.9. The summed E-state index contributed by atoms with van der Waals surface area (Å²) < 4.78 is 13.3. The first-order valence-corrected chi connectivity index (χ1v) is 4.73. The molecule has 2 nitrogen and oxygen atoms in total. The zero-order chi connectivity index (χ0) is 10.7. The maximum absolute atomic E-state index is 12.9. The van der Waals surface area contributed by atoms with E-state index in [9.17, 15) is 9.18 Å². The topological polar surface area (TPSA) is 43.1 Å². The first kappa shape index (κ1) is 10.9. The molecule has 0 spiro atoms. The van der Waals surface area contributed by atoms with Crippen LogP contribution in [0.25, 0.3) is 6.08 Å². The minimum atomic E-state index is -0.414. The molecule has 0 aliphatic rings. The van der Waals surface area contributed by atoms with Crippen LogP contribution in [0.3, 0.4) is 0 Å². The number of carbonyl (C=O) groups is 1. The molecule has 0 aliphatic heterocycles. The third-order valence-electron chi connectivity index (χ3n) is 1.62. The van der Waals surface area contributed by atoms with Crippen molar-refractivity contribution in [1.82, 2.24) is 0 Å². The summed E-state index contributed by atoms with van der Waals surface area (Å²) in [4.78, 5) is 10.7. The summed E-state index contributed by atoms with van der Waals surface area (Å²) in [6.07, 6.45) is 2.94. The summed E-state index contributed by atoms with van der Waals surface area (Å²) in [5.41, 5.74) is 6.48. The van der Waals surface area contributed by atoms with Crippen molar-refractivity contribution in [2.75, 3.05) is 5.73 Å². The van der Waals surface area contributed by atoms with Gasteiger partial charge in [0.25, 0.3) is 0 Å². The fraction of sp³-hybridized carbons (Fsp3) is 0.100. The van der Waals surface area contributed by atoms with E-state index in [1.165, 1.54) is 25.1 Å². The zero-order valence-electron chi connectivity index (χ0n) is 7.55. The fourth-order valence-electron chi connectivity index (χ4n) is 0.929. The van der Waals surface area contributed by atoms with E-state index in [1.54, 1.807) is 6.08 Å². The van der Waals surface area contributed by atoms with E-state index in [4.69, 9.17) is 5.73 Å². The molecule has 2 N–H and O–H groups in total.